The van der Waals surface area contributed by atoms with Crippen LogP contribution in [0.5, 0.6) is 5.75 Å². The van der Waals surface area contributed by atoms with Crippen molar-refractivity contribution in [1.82, 2.24) is 9.80 Å². The lowest BCUT2D eigenvalue weighted by Crippen LogP contribution is -2.41. The fourth-order valence-corrected chi connectivity index (χ4v) is 6.49. The van der Waals surface area contributed by atoms with Crippen LogP contribution in [0.25, 0.3) is 0 Å². The van der Waals surface area contributed by atoms with Gasteiger partial charge in [0, 0.05) is 50.7 Å². The smallest absolute Gasteiger partial charge is 0.238 e. The monoisotopic (exact) mass is 611 g/mol. The molecule has 3 aromatic rings. The van der Waals surface area contributed by atoms with Crippen molar-refractivity contribution in [2.24, 2.45) is 0 Å². The lowest BCUT2D eigenvalue weighted by Gasteiger charge is -2.28. The Bertz CT molecular complexity index is 1470. The Hall–Kier alpha value is -3.40. The number of halogens is 1. The highest BCUT2D eigenvalue weighted by Crippen LogP contribution is 2.28. The van der Waals surface area contributed by atoms with Crippen LogP contribution in [-0.4, -0.2) is 69.1 Å². The molecule has 4 rings (SSSR count). The third-order valence-corrected chi connectivity index (χ3v) is 9.19. The van der Waals surface area contributed by atoms with E-state index in [-0.39, 0.29) is 17.3 Å². The van der Waals surface area contributed by atoms with Crippen LogP contribution in [0.2, 0.25) is 5.02 Å². The number of sulfone groups is 1. The minimum absolute atomic E-state index is 0.00478. The van der Waals surface area contributed by atoms with Crippen molar-refractivity contribution in [3.05, 3.63) is 88.9 Å². The number of anilines is 1. The van der Waals surface area contributed by atoms with E-state index in [2.05, 4.69) is 17.0 Å². The van der Waals surface area contributed by atoms with Crippen LogP contribution in [-0.2, 0) is 32.5 Å². The van der Waals surface area contributed by atoms with Gasteiger partial charge in [-0.05, 0) is 60.4 Å². The number of ether oxygens (including phenoxy) is 1. The van der Waals surface area contributed by atoms with Crippen molar-refractivity contribution >= 4 is 38.9 Å². The number of carbonyl (C=O) groups is 2. The number of fused-ring (bicyclic) bond motifs is 1. The van der Waals surface area contributed by atoms with Gasteiger partial charge in [-0.1, -0.05) is 54.9 Å². The van der Waals surface area contributed by atoms with Crippen molar-refractivity contribution in [2.45, 2.75) is 44.2 Å². The molecular formula is C32H38ClN3O5S. The number of benzene rings is 3. The Labute approximate surface area is 253 Å². The van der Waals surface area contributed by atoms with Crippen molar-refractivity contribution in [2.75, 3.05) is 43.9 Å². The summed E-state index contributed by atoms with van der Waals surface area (Å²) in [7, 11) is -2.40. The van der Waals surface area contributed by atoms with E-state index in [1.54, 1.807) is 34.1 Å². The van der Waals surface area contributed by atoms with E-state index < -0.39 is 21.5 Å². The summed E-state index contributed by atoms with van der Waals surface area (Å²) in [6.45, 7) is 4.88. The molecule has 0 unspecified atom stereocenters. The number of amides is 2. The first-order valence-electron chi connectivity index (χ1n) is 14.2. The Morgan fingerprint density at radius 2 is 1.64 bits per heavy atom. The SMILES string of the molecule is CCCC(=O)N1CCCN(Cc2ccccc2)CCN(C(=O)CS(=O)(=O)c2ccc(OC)cc2)Cc2ccc(Cl)cc21. The van der Waals surface area contributed by atoms with E-state index in [0.29, 0.717) is 62.0 Å². The molecular weight excluding hydrogens is 574 g/mol. The second-order valence-corrected chi connectivity index (χ2v) is 12.9. The van der Waals surface area contributed by atoms with E-state index in [1.807, 2.05) is 31.2 Å². The zero-order chi connectivity index (χ0) is 30.1. The van der Waals surface area contributed by atoms with Crippen molar-refractivity contribution < 1.29 is 22.7 Å². The number of nitrogens with zero attached hydrogens (tertiary/aromatic N) is 3. The normalized spacial score (nSPS) is 15.0. The molecule has 1 heterocycles. The second-order valence-electron chi connectivity index (χ2n) is 10.4. The summed E-state index contributed by atoms with van der Waals surface area (Å²) in [5, 5.41) is 0.489. The van der Waals surface area contributed by atoms with Gasteiger partial charge < -0.3 is 14.5 Å². The molecule has 8 nitrogen and oxygen atoms in total. The van der Waals surface area contributed by atoms with Gasteiger partial charge in [0.2, 0.25) is 11.8 Å². The summed E-state index contributed by atoms with van der Waals surface area (Å²) in [5.41, 5.74) is 2.55. The molecule has 0 fully saturated rings. The van der Waals surface area contributed by atoms with Crippen molar-refractivity contribution in [1.29, 1.82) is 0 Å². The molecule has 224 valence electrons. The first kappa shape index (κ1) is 31.5. The number of carbonyl (C=O) groups excluding carboxylic acids is 2. The van der Waals surface area contributed by atoms with Crippen molar-refractivity contribution in [3.63, 3.8) is 0 Å². The zero-order valence-corrected chi connectivity index (χ0v) is 25.7. The molecule has 0 aliphatic carbocycles. The Balaban J connectivity index is 1.66. The minimum Gasteiger partial charge on any atom is -0.497 e. The van der Waals surface area contributed by atoms with Crippen LogP contribution in [0.1, 0.15) is 37.3 Å². The lowest BCUT2D eigenvalue weighted by molar-refractivity contribution is -0.129. The van der Waals surface area contributed by atoms with E-state index in [9.17, 15) is 18.0 Å². The van der Waals surface area contributed by atoms with Gasteiger partial charge in [-0.25, -0.2) is 8.42 Å². The minimum atomic E-state index is -3.90. The molecule has 2 amide bonds. The van der Waals surface area contributed by atoms with Gasteiger partial charge in [0.15, 0.2) is 9.84 Å². The Morgan fingerprint density at radius 3 is 2.33 bits per heavy atom. The van der Waals surface area contributed by atoms with Gasteiger partial charge in [0.25, 0.3) is 0 Å². The highest BCUT2D eigenvalue weighted by atomic mass is 35.5. The third kappa shape index (κ3) is 8.33. The molecule has 1 aliphatic rings. The zero-order valence-electron chi connectivity index (χ0n) is 24.2. The molecule has 0 saturated carbocycles. The van der Waals surface area contributed by atoms with Crippen LogP contribution in [0.4, 0.5) is 5.69 Å². The second kappa shape index (κ2) is 14.7. The number of hydrogen-bond donors (Lipinski definition) is 0. The average molecular weight is 612 g/mol. The molecule has 10 heteroatoms. The van der Waals surface area contributed by atoms with Crippen LogP contribution >= 0.6 is 11.6 Å². The molecule has 0 bridgehead atoms. The van der Waals surface area contributed by atoms with Gasteiger partial charge in [-0.2, -0.15) is 0 Å². The summed E-state index contributed by atoms with van der Waals surface area (Å²) in [6.07, 6.45) is 1.83. The Morgan fingerprint density at radius 1 is 0.905 bits per heavy atom. The maximum Gasteiger partial charge on any atom is 0.238 e. The maximum absolute atomic E-state index is 13.7. The fraction of sp³-hybridized carbons (Fsp3) is 0.375. The summed E-state index contributed by atoms with van der Waals surface area (Å²) in [5.74, 6) is -0.644. The third-order valence-electron chi connectivity index (χ3n) is 7.34. The van der Waals surface area contributed by atoms with Gasteiger partial charge >= 0.3 is 0 Å². The quantitative estimate of drug-likeness (QED) is 0.348. The Kier molecular flexibility index (Phi) is 11.0. The predicted molar refractivity (Wildman–Crippen MR) is 166 cm³/mol. The first-order valence-corrected chi connectivity index (χ1v) is 16.2. The van der Waals surface area contributed by atoms with Crippen LogP contribution in [0, 0.1) is 0 Å². The van der Waals surface area contributed by atoms with Gasteiger partial charge in [0.1, 0.15) is 11.5 Å². The topological polar surface area (TPSA) is 87.2 Å². The summed E-state index contributed by atoms with van der Waals surface area (Å²) in [4.78, 5) is 32.7. The summed E-state index contributed by atoms with van der Waals surface area (Å²) >= 11 is 6.40. The first-order chi connectivity index (χ1) is 20.2. The van der Waals surface area contributed by atoms with E-state index in [4.69, 9.17) is 16.3 Å². The van der Waals surface area contributed by atoms with Gasteiger partial charge in [-0.3, -0.25) is 14.5 Å². The van der Waals surface area contributed by atoms with E-state index in [1.165, 1.54) is 19.2 Å². The molecule has 0 atom stereocenters. The molecule has 42 heavy (non-hydrogen) atoms. The van der Waals surface area contributed by atoms with Crippen LogP contribution in [0.3, 0.4) is 0 Å². The van der Waals surface area contributed by atoms with Gasteiger partial charge in [0.05, 0.1) is 17.7 Å². The highest BCUT2D eigenvalue weighted by Gasteiger charge is 2.27. The van der Waals surface area contributed by atoms with E-state index >= 15 is 0 Å². The molecule has 3 aromatic carbocycles. The van der Waals surface area contributed by atoms with Crippen molar-refractivity contribution in [3.8, 4) is 5.75 Å². The fourth-order valence-electron chi connectivity index (χ4n) is 5.09. The number of hydrogen-bond acceptors (Lipinski definition) is 6. The molecule has 0 saturated heterocycles. The summed E-state index contributed by atoms with van der Waals surface area (Å²) < 4.78 is 31.7. The standard InChI is InChI=1S/C32H38ClN3O5S/c1-3-8-31(37)36-18-7-17-34(22-25-9-5-4-6-10-25)19-20-35(23-26-11-12-27(33)21-30(26)36)32(38)24-42(39,40)29-15-13-28(41-2)14-16-29/h4-6,9-16,21H,3,7-8,17-20,22-24H2,1-2H3. The molecule has 1 aliphatic heterocycles. The largest absolute Gasteiger partial charge is 0.497 e. The number of rotatable bonds is 8. The van der Waals surface area contributed by atoms with E-state index in [0.717, 1.165) is 17.5 Å². The molecule has 0 N–H and O–H groups in total. The van der Waals surface area contributed by atoms with Gasteiger partial charge in [-0.15, -0.1) is 0 Å². The molecule has 0 spiro atoms. The van der Waals surface area contributed by atoms with Crippen LogP contribution in [0.15, 0.2) is 77.7 Å². The predicted octanol–water partition coefficient (Wildman–Crippen LogP) is 5.19. The van der Waals surface area contributed by atoms with Crippen LogP contribution < -0.4 is 9.64 Å². The highest BCUT2D eigenvalue weighted by molar-refractivity contribution is 7.92. The summed E-state index contributed by atoms with van der Waals surface area (Å²) in [6, 6.07) is 21.4. The molecule has 0 aromatic heterocycles. The molecule has 0 radical (unpaired) electrons. The number of methoxy groups -OCH3 is 1. The maximum atomic E-state index is 13.7. The lowest BCUT2D eigenvalue weighted by atomic mass is 10.1. The average Bonchev–Trinajstić information content (AvgIpc) is 3.01.